The van der Waals surface area contributed by atoms with Crippen molar-refractivity contribution in [3.63, 3.8) is 0 Å². The molecule has 0 radical (unpaired) electrons. The van der Waals surface area contributed by atoms with Crippen molar-refractivity contribution in [1.29, 1.82) is 0 Å². The minimum absolute atomic E-state index is 0.0350. The summed E-state index contributed by atoms with van der Waals surface area (Å²) in [7, 11) is 0. The summed E-state index contributed by atoms with van der Waals surface area (Å²) in [6.07, 6.45) is 2.01. The second-order valence-corrected chi connectivity index (χ2v) is 5.24. The summed E-state index contributed by atoms with van der Waals surface area (Å²) < 4.78 is 0. The second-order valence-electron chi connectivity index (χ2n) is 5.24. The molecule has 2 N–H and O–H groups in total. The summed E-state index contributed by atoms with van der Waals surface area (Å²) in [5.74, 6) is -0.0350. The van der Waals surface area contributed by atoms with E-state index in [-0.39, 0.29) is 5.91 Å². The predicted molar refractivity (Wildman–Crippen MR) is 88.6 cm³/mol. The summed E-state index contributed by atoms with van der Waals surface area (Å²) in [6.45, 7) is 4.79. The minimum atomic E-state index is -0.0350. The molecule has 0 unspecified atom stereocenters. The van der Waals surface area contributed by atoms with Crippen molar-refractivity contribution in [2.45, 2.75) is 26.7 Å². The number of para-hydroxylation sites is 1. The Morgan fingerprint density at radius 2 is 1.86 bits per heavy atom. The van der Waals surface area contributed by atoms with Crippen molar-refractivity contribution >= 4 is 17.3 Å². The number of carbonyl (C=O) groups is 1. The van der Waals surface area contributed by atoms with Crippen LogP contribution in [0, 0.1) is 6.92 Å². The average molecular weight is 282 g/mol. The van der Waals surface area contributed by atoms with Crippen LogP contribution in [0.4, 0.5) is 11.4 Å². The summed E-state index contributed by atoms with van der Waals surface area (Å²) >= 11 is 0. The van der Waals surface area contributed by atoms with Crippen molar-refractivity contribution in [3.8, 4) is 0 Å². The molecule has 0 aliphatic heterocycles. The first kappa shape index (κ1) is 15.1. The standard InChI is InChI=1S/C18H22N2O/c1-3-4-12-20(15-8-6-5-7-9-15)18(21)16-11-10-14(2)13-17(16)19/h5-11,13H,3-4,12,19H2,1-2H3. The number of anilines is 2. The van der Waals surface area contributed by atoms with E-state index in [1.165, 1.54) is 0 Å². The Morgan fingerprint density at radius 3 is 2.48 bits per heavy atom. The summed E-state index contributed by atoms with van der Waals surface area (Å²) in [4.78, 5) is 14.6. The van der Waals surface area contributed by atoms with E-state index in [4.69, 9.17) is 5.73 Å². The lowest BCUT2D eigenvalue weighted by molar-refractivity contribution is 0.0987. The van der Waals surface area contributed by atoms with Crippen LogP contribution in [-0.4, -0.2) is 12.5 Å². The fraction of sp³-hybridized carbons (Fsp3) is 0.278. The third-order valence-electron chi connectivity index (χ3n) is 3.49. The predicted octanol–water partition coefficient (Wildman–Crippen LogP) is 4.02. The first-order valence-corrected chi connectivity index (χ1v) is 7.36. The van der Waals surface area contributed by atoms with Gasteiger partial charge in [-0.05, 0) is 43.2 Å². The third-order valence-corrected chi connectivity index (χ3v) is 3.49. The van der Waals surface area contributed by atoms with Crippen LogP contribution in [0.15, 0.2) is 48.5 Å². The Kier molecular flexibility index (Phi) is 4.99. The van der Waals surface area contributed by atoms with Crippen LogP contribution in [-0.2, 0) is 0 Å². The largest absolute Gasteiger partial charge is 0.398 e. The van der Waals surface area contributed by atoms with Crippen LogP contribution < -0.4 is 10.6 Å². The van der Waals surface area contributed by atoms with Gasteiger partial charge in [-0.3, -0.25) is 4.79 Å². The highest BCUT2D eigenvalue weighted by Crippen LogP contribution is 2.21. The van der Waals surface area contributed by atoms with Gasteiger partial charge >= 0.3 is 0 Å². The van der Waals surface area contributed by atoms with E-state index in [9.17, 15) is 4.79 Å². The topological polar surface area (TPSA) is 46.3 Å². The van der Waals surface area contributed by atoms with Crippen molar-refractivity contribution in [2.24, 2.45) is 0 Å². The molecule has 2 rings (SSSR count). The van der Waals surface area contributed by atoms with E-state index in [1.807, 2.05) is 60.4 Å². The number of nitrogen functional groups attached to an aromatic ring is 1. The van der Waals surface area contributed by atoms with Gasteiger partial charge in [0.05, 0.1) is 5.56 Å². The van der Waals surface area contributed by atoms with Crippen molar-refractivity contribution in [2.75, 3.05) is 17.2 Å². The van der Waals surface area contributed by atoms with E-state index in [1.54, 1.807) is 0 Å². The number of hydrogen-bond donors (Lipinski definition) is 1. The molecule has 0 saturated carbocycles. The zero-order valence-electron chi connectivity index (χ0n) is 12.7. The van der Waals surface area contributed by atoms with Crippen molar-refractivity contribution in [3.05, 3.63) is 59.7 Å². The Labute approximate surface area is 126 Å². The number of aryl methyl sites for hydroxylation is 1. The van der Waals surface area contributed by atoms with Gasteiger partial charge in [0.25, 0.3) is 5.91 Å². The highest BCUT2D eigenvalue weighted by atomic mass is 16.2. The van der Waals surface area contributed by atoms with E-state index >= 15 is 0 Å². The average Bonchev–Trinajstić information content (AvgIpc) is 2.48. The lowest BCUT2D eigenvalue weighted by atomic mass is 10.1. The maximum atomic E-state index is 12.8. The fourth-order valence-electron chi connectivity index (χ4n) is 2.29. The third kappa shape index (κ3) is 3.63. The Hall–Kier alpha value is -2.29. The van der Waals surface area contributed by atoms with Crippen LogP contribution in [0.5, 0.6) is 0 Å². The Morgan fingerprint density at radius 1 is 1.14 bits per heavy atom. The molecule has 0 spiro atoms. The summed E-state index contributed by atoms with van der Waals surface area (Å²) in [6, 6.07) is 15.3. The smallest absolute Gasteiger partial charge is 0.260 e. The first-order chi connectivity index (χ1) is 10.1. The first-order valence-electron chi connectivity index (χ1n) is 7.36. The maximum absolute atomic E-state index is 12.8. The number of rotatable bonds is 5. The van der Waals surface area contributed by atoms with Crippen LogP contribution in [0.1, 0.15) is 35.7 Å². The number of benzene rings is 2. The number of unbranched alkanes of at least 4 members (excludes halogenated alkanes) is 1. The molecule has 0 fully saturated rings. The van der Waals surface area contributed by atoms with Crippen LogP contribution >= 0.6 is 0 Å². The van der Waals surface area contributed by atoms with E-state index < -0.39 is 0 Å². The van der Waals surface area contributed by atoms with Crippen LogP contribution in [0.2, 0.25) is 0 Å². The van der Waals surface area contributed by atoms with E-state index in [0.717, 1.165) is 24.1 Å². The highest BCUT2D eigenvalue weighted by molar-refractivity contribution is 6.09. The number of amides is 1. The molecular weight excluding hydrogens is 260 g/mol. The monoisotopic (exact) mass is 282 g/mol. The van der Waals surface area contributed by atoms with Gasteiger partial charge in [0.1, 0.15) is 0 Å². The molecule has 110 valence electrons. The highest BCUT2D eigenvalue weighted by Gasteiger charge is 2.19. The quantitative estimate of drug-likeness (QED) is 0.842. The lowest BCUT2D eigenvalue weighted by Gasteiger charge is -2.23. The minimum Gasteiger partial charge on any atom is -0.398 e. The van der Waals surface area contributed by atoms with Gasteiger partial charge < -0.3 is 10.6 Å². The molecule has 0 heterocycles. The SMILES string of the molecule is CCCCN(C(=O)c1ccc(C)cc1N)c1ccccc1. The van der Waals surface area contributed by atoms with Crippen LogP contribution in [0.3, 0.4) is 0 Å². The maximum Gasteiger partial charge on any atom is 0.260 e. The molecule has 3 heteroatoms. The normalized spacial score (nSPS) is 10.4. The van der Waals surface area contributed by atoms with Gasteiger partial charge in [0.2, 0.25) is 0 Å². The van der Waals surface area contributed by atoms with E-state index in [2.05, 4.69) is 6.92 Å². The molecule has 3 nitrogen and oxygen atoms in total. The van der Waals surface area contributed by atoms with Gasteiger partial charge in [-0.1, -0.05) is 37.6 Å². The van der Waals surface area contributed by atoms with Crippen molar-refractivity contribution < 1.29 is 4.79 Å². The summed E-state index contributed by atoms with van der Waals surface area (Å²) in [5, 5.41) is 0. The van der Waals surface area contributed by atoms with Gasteiger partial charge in [-0.15, -0.1) is 0 Å². The fourth-order valence-corrected chi connectivity index (χ4v) is 2.29. The molecule has 0 aliphatic rings. The molecule has 1 amide bonds. The van der Waals surface area contributed by atoms with Gasteiger partial charge in [0, 0.05) is 17.9 Å². The second kappa shape index (κ2) is 6.93. The molecule has 2 aromatic rings. The van der Waals surface area contributed by atoms with Gasteiger partial charge in [-0.25, -0.2) is 0 Å². The number of carbonyl (C=O) groups excluding carboxylic acids is 1. The van der Waals surface area contributed by atoms with E-state index in [0.29, 0.717) is 17.8 Å². The number of nitrogens with zero attached hydrogens (tertiary/aromatic N) is 1. The number of hydrogen-bond acceptors (Lipinski definition) is 2. The number of nitrogens with two attached hydrogens (primary N) is 1. The summed E-state index contributed by atoms with van der Waals surface area (Å²) in [5.41, 5.74) is 9.10. The van der Waals surface area contributed by atoms with Crippen molar-refractivity contribution in [1.82, 2.24) is 0 Å². The molecule has 0 saturated heterocycles. The molecule has 0 atom stereocenters. The zero-order valence-corrected chi connectivity index (χ0v) is 12.7. The van der Waals surface area contributed by atoms with Crippen LogP contribution in [0.25, 0.3) is 0 Å². The van der Waals surface area contributed by atoms with Gasteiger partial charge in [-0.2, -0.15) is 0 Å². The zero-order chi connectivity index (χ0) is 15.2. The Bertz CT molecular complexity index is 608. The molecule has 21 heavy (non-hydrogen) atoms. The van der Waals surface area contributed by atoms with Gasteiger partial charge in [0.15, 0.2) is 0 Å². The molecule has 0 aliphatic carbocycles. The molecule has 0 bridgehead atoms. The molecule has 0 aromatic heterocycles. The Balaban J connectivity index is 2.34. The molecular formula is C18H22N2O. The lowest BCUT2D eigenvalue weighted by Crippen LogP contribution is -2.32. The molecule has 2 aromatic carbocycles.